The maximum Gasteiger partial charge on any atom is 0.156 e. The zero-order valence-corrected chi connectivity index (χ0v) is 10.3. The normalized spacial score (nSPS) is 43.4. The van der Waals surface area contributed by atoms with Gasteiger partial charge in [-0.3, -0.25) is 4.90 Å². The average Bonchev–Trinajstić information content (AvgIpc) is 2.29. The molecule has 0 aromatic carbocycles. The van der Waals surface area contributed by atoms with Crippen molar-refractivity contribution in [1.29, 1.82) is 0 Å². The van der Waals surface area contributed by atoms with E-state index in [9.17, 15) is 8.42 Å². The second kappa shape index (κ2) is 3.68. The molecule has 2 aliphatic heterocycles. The van der Waals surface area contributed by atoms with Gasteiger partial charge in [0.1, 0.15) is 0 Å². The van der Waals surface area contributed by atoms with Gasteiger partial charge in [0, 0.05) is 13.1 Å². The number of fused-ring (bicyclic) bond motifs is 1. The minimum atomic E-state index is -2.77. The molecule has 5 heteroatoms. The van der Waals surface area contributed by atoms with E-state index >= 15 is 0 Å². The lowest BCUT2D eigenvalue weighted by atomic mass is 9.80. The summed E-state index contributed by atoms with van der Waals surface area (Å²) in [6.45, 7) is 3.33. The van der Waals surface area contributed by atoms with Crippen molar-refractivity contribution in [2.24, 2.45) is 0 Å². The molecule has 1 saturated carbocycles. The quantitative estimate of drug-likeness (QED) is 0.672. The molecule has 4 nitrogen and oxygen atoms in total. The van der Waals surface area contributed by atoms with Crippen LogP contribution in [0.25, 0.3) is 0 Å². The molecule has 2 heterocycles. The second-order valence-corrected chi connectivity index (χ2v) is 7.43. The van der Waals surface area contributed by atoms with Crippen LogP contribution in [0.2, 0.25) is 0 Å². The van der Waals surface area contributed by atoms with Crippen molar-refractivity contribution in [3.8, 4) is 0 Å². The molecule has 2 atom stereocenters. The Kier molecular flexibility index (Phi) is 2.53. The summed E-state index contributed by atoms with van der Waals surface area (Å²) in [5.41, 5.74) is -0.0130. The molecule has 3 aliphatic rings. The van der Waals surface area contributed by atoms with E-state index in [0.717, 1.165) is 45.6 Å². The van der Waals surface area contributed by atoms with Gasteiger partial charge in [0.25, 0.3) is 0 Å². The van der Waals surface area contributed by atoms with Crippen LogP contribution < -0.4 is 0 Å². The monoisotopic (exact) mass is 245 g/mol. The zero-order chi connectivity index (χ0) is 11.2. The van der Waals surface area contributed by atoms with E-state index in [0.29, 0.717) is 5.75 Å². The Morgan fingerprint density at radius 2 is 1.94 bits per heavy atom. The Balaban J connectivity index is 1.85. The molecule has 92 valence electrons. The Morgan fingerprint density at radius 3 is 2.62 bits per heavy atom. The van der Waals surface area contributed by atoms with E-state index in [4.69, 9.17) is 4.74 Å². The van der Waals surface area contributed by atoms with Crippen molar-refractivity contribution in [2.45, 2.75) is 36.5 Å². The Bertz CT molecular complexity index is 375. The van der Waals surface area contributed by atoms with E-state index in [-0.39, 0.29) is 10.8 Å². The van der Waals surface area contributed by atoms with Crippen LogP contribution in [0.3, 0.4) is 0 Å². The van der Waals surface area contributed by atoms with Crippen LogP contribution in [0.15, 0.2) is 0 Å². The van der Waals surface area contributed by atoms with Crippen LogP contribution in [0.1, 0.15) is 25.7 Å². The van der Waals surface area contributed by atoms with Gasteiger partial charge in [0.2, 0.25) is 0 Å². The molecule has 0 aromatic heterocycles. The number of ether oxygens (including phenoxy) is 1. The molecule has 0 amide bonds. The van der Waals surface area contributed by atoms with Crippen LogP contribution in [0.4, 0.5) is 0 Å². The van der Waals surface area contributed by atoms with Gasteiger partial charge >= 0.3 is 0 Å². The summed E-state index contributed by atoms with van der Waals surface area (Å²) < 4.78 is 29.0. The molecule has 3 fully saturated rings. The summed E-state index contributed by atoms with van der Waals surface area (Å²) in [6, 6.07) is 0. The standard InChI is InChI=1S/C11H19NO3S/c13-16(14)9-11(4-2-1-3-10(11)16)12-5-7-15-8-6-12/h10H,1-9H2/t10-,11+/m1/s1. The molecule has 1 aliphatic carbocycles. The van der Waals surface area contributed by atoms with E-state index in [1.54, 1.807) is 0 Å². The summed E-state index contributed by atoms with van der Waals surface area (Å²) in [5, 5.41) is -0.0770. The van der Waals surface area contributed by atoms with E-state index in [2.05, 4.69) is 4.90 Å². The predicted octanol–water partition coefficient (Wildman–Crippen LogP) is 0.428. The van der Waals surface area contributed by atoms with Gasteiger partial charge in [-0.15, -0.1) is 0 Å². The summed E-state index contributed by atoms with van der Waals surface area (Å²) in [4.78, 5) is 2.39. The van der Waals surface area contributed by atoms with Gasteiger partial charge in [-0.2, -0.15) is 0 Å². The minimum absolute atomic E-state index is 0.0130. The summed E-state index contributed by atoms with van der Waals surface area (Å²) in [6.07, 6.45) is 4.20. The van der Waals surface area contributed by atoms with E-state index in [1.807, 2.05) is 0 Å². The smallest absolute Gasteiger partial charge is 0.156 e. The minimum Gasteiger partial charge on any atom is -0.379 e. The highest BCUT2D eigenvalue weighted by molar-refractivity contribution is 7.93. The van der Waals surface area contributed by atoms with E-state index < -0.39 is 9.84 Å². The van der Waals surface area contributed by atoms with E-state index in [1.165, 1.54) is 6.42 Å². The maximum atomic E-state index is 11.8. The molecule has 3 rings (SSSR count). The Labute approximate surface area is 96.9 Å². The van der Waals surface area contributed by atoms with Crippen LogP contribution in [0, 0.1) is 0 Å². The van der Waals surface area contributed by atoms with Crippen LogP contribution in [0.5, 0.6) is 0 Å². The topological polar surface area (TPSA) is 46.6 Å². The number of nitrogens with zero attached hydrogens (tertiary/aromatic N) is 1. The lowest BCUT2D eigenvalue weighted by molar-refractivity contribution is -0.0341. The molecule has 0 spiro atoms. The summed E-state index contributed by atoms with van der Waals surface area (Å²) in [7, 11) is -2.77. The fraction of sp³-hybridized carbons (Fsp3) is 1.00. The lowest BCUT2D eigenvalue weighted by Gasteiger charge is -2.58. The highest BCUT2D eigenvalue weighted by Gasteiger charge is 2.61. The third-order valence-corrected chi connectivity index (χ3v) is 6.89. The van der Waals surface area contributed by atoms with Crippen LogP contribution in [-0.2, 0) is 14.6 Å². The van der Waals surface area contributed by atoms with Gasteiger partial charge in [0.15, 0.2) is 9.84 Å². The molecule has 0 radical (unpaired) electrons. The first-order valence-corrected chi connectivity index (χ1v) is 7.91. The zero-order valence-electron chi connectivity index (χ0n) is 9.52. The van der Waals surface area contributed by atoms with Gasteiger partial charge < -0.3 is 4.74 Å². The van der Waals surface area contributed by atoms with Crippen molar-refractivity contribution in [3.05, 3.63) is 0 Å². The maximum absolute atomic E-state index is 11.8. The lowest BCUT2D eigenvalue weighted by Crippen LogP contribution is -2.73. The molecule has 16 heavy (non-hydrogen) atoms. The first-order chi connectivity index (χ1) is 7.65. The number of hydrogen-bond acceptors (Lipinski definition) is 4. The van der Waals surface area contributed by atoms with Gasteiger partial charge in [-0.05, 0) is 12.8 Å². The highest BCUT2D eigenvalue weighted by Crippen LogP contribution is 2.47. The van der Waals surface area contributed by atoms with Crippen molar-refractivity contribution in [2.75, 3.05) is 32.1 Å². The SMILES string of the molecule is O=S1(=O)C[C@@]2(N3CCOCC3)CCCC[C@H]21. The first kappa shape index (κ1) is 11.0. The Morgan fingerprint density at radius 1 is 1.19 bits per heavy atom. The number of morpholine rings is 1. The molecule has 0 bridgehead atoms. The predicted molar refractivity (Wildman–Crippen MR) is 61.2 cm³/mol. The van der Waals surface area contributed by atoms with Crippen LogP contribution >= 0.6 is 0 Å². The summed E-state index contributed by atoms with van der Waals surface area (Å²) in [5.74, 6) is 0.394. The number of hydrogen-bond donors (Lipinski definition) is 0. The molecular formula is C11H19NO3S. The van der Waals surface area contributed by atoms with Gasteiger partial charge in [0.05, 0.1) is 29.8 Å². The van der Waals surface area contributed by atoms with Crippen molar-refractivity contribution < 1.29 is 13.2 Å². The van der Waals surface area contributed by atoms with Crippen molar-refractivity contribution in [1.82, 2.24) is 4.90 Å². The summed E-state index contributed by atoms with van der Waals surface area (Å²) >= 11 is 0. The number of sulfone groups is 1. The van der Waals surface area contributed by atoms with Gasteiger partial charge in [-0.1, -0.05) is 12.8 Å². The number of rotatable bonds is 1. The fourth-order valence-corrected chi connectivity index (χ4v) is 6.35. The molecule has 0 N–H and O–H groups in total. The fourth-order valence-electron chi connectivity index (χ4n) is 3.68. The largest absolute Gasteiger partial charge is 0.379 e. The van der Waals surface area contributed by atoms with Crippen LogP contribution in [-0.4, -0.2) is 56.2 Å². The highest BCUT2D eigenvalue weighted by atomic mass is 32.2. The Hall–Kier alpha value is -0.130. The third-order valence-electron chi connectivity index (χ3n) is 4.45. The molecule has 0 aromatic rings. The second-order valence-electron chi connectivity index (χ2n) is 5.24. The third kappa shape index (κ3) is 1.45. The molecule has 0 unspecified atom stereocenters. The average molecular weight is 245 g/mol. The first-order valence-electron chi connectivity index (χ1n) is 6.20. The van der Waals surface area contributed by atoms with Crippen molar-refractivity contribution in [3.63, 3.8) is 0 Å². The van der Waals surface area contributed by atoms with Crippen molar-refractivity contribution >= 4 is 9.84 Å². The van der Waals surface area contributed by atoms with Gasteiger partial charge in [-0.25, -0.2) is 8.42 Å². The molecular weight excluding hydrogens is 226 g/mol. The molecule has 2 saturated heterocycles.